The Morgan fingerprint density at radius 1 is 1.38 bits per heavy atom. The number of nitriles is 1. The average molecular weight is 308 g/mol. The Morgan fingerprint density at radius 3 is 2.67 bits per heavy atom. The fourth-order valence-corrected chi connectivity index (χ4v) is 3.15. The number of nitrogens with zero attached hydrogens (tertiary/aromatic N) is 1. The number of rotatable bonds is 5. The molecule has 21 heavy (non-hydrogen) atoms. The third-order valence-electron chi connectivity index (χ3n) is 3.26. The van der Waals surface area contributed by atoms with E-state index in [9.17, 15) is 13.2 Å². The largest absolute Gasteiger partial charge is 0.378 e. The van der Waals surface area contributed by atoms with E-state index in [1.54, 1.807) is 0 Å². The van der Waals surface area contributed by atoms with Gasteiger partial charge in [0.05, 0.1) is 22.6 Å². The molecule has 1 aliphatic rings. The van der Waals surface area contributed by atoms with E-state index in [2.05, 4.69) is 0 Å². The first-order chi connectivity index (χ1) is 10.0. The predicted molar refractivity (Wildman–Crippen MR) is 74.7 cm³/mol. The zero-order chi connectivity index (χ0) is 15.3. The van der Waals surface area contributed by atoms with Crippen LogP contribution in [-0.4, -0.2) is 27.0 Å². The van der Waals surface area contributed by atoms with Gasteiger partial charge in [0.25, 0.3) is 10.0 Å². The zero-order valence-electron chi connectivity index (χ0n) is 11.4. The predicted octanol–water partition coefficient (Wildman–Crippen LogP) is 1.32. The van der Waals surface area contributed by atoms with Gasteiger partial charge in [-0.2, -0.15) is 5.26 Å². The standard InChI is InChI=1S/C14H16N2O4S/c15-10-11-3-6-13(7-4-11)21(18,19)16-14(17)8-5-12-2-1-9-20-12/h3-4,6-7,12H,1-2,5,8-9H2,(H,16,17). The number of carbonyl (C=O) groups is 1. The molecule has 1 amide bonds. The normalized spacial score (nSPS) is 18.1. The van der Waals surface area contributed by atoms with Crippen molar-refractivity contribution in [2.24, 2.45) is 0 Å². The topological polar surface area (TPSA) is 96.3 Å². The monoisotopic (exact) mass is 308 g/mol. The summed E-state index contributed by atoms with van der Waals surface area (Å²) in [5, 5.41) is 8.67. The number of hydrogen-bond donors (Lipinski definition) is 1. The molecule has 6 nitrogen and oxygen atoms in total. The van der Waals surface area contributed by atoms with Crippen LogP contribution in [0.3, 0.4) is 0 Å². The summed E-state index contributed by atoms with van der Waals surface area (Å²) >= 11 is 0. The first-order valence-electron chi connectivity index (χ1n) is 6.69. The Hall–Kier alpha value is -1.91. The number of benzene rings is 1. The molecule has 1 atom stereocenters. The van der Waals surface area contributed by atoms with Crippen LogP contribution in [0.15, 0.2) is 29.2 Å². The summed E-state index contributed by atoms with van der Waals surface area (Å²) in [5.41, 5.74) is 0.360. The molecule has 112 valence electrons. The Kier molecular flexibility index (Phi) is 4.94. The van der Waals surface area contributed by atoms with Gasteiger partial charge < -0.3 is 4.74 Å². The molecule has 0 radical (unpaired) electrons. The summed E-state index contributed by atoms with van der Waals surface area (Å²) in [7, 11) is -3.88. The van der Waals surface area contributed by atoms with E-state index < -0.39 is 15.9 Å². The van der Waals surface area contributed by atoms with Crippen LogP contribution in [0.4, 0.5) is 0 Å². The molecule has 1 aliphatic heterocycles. The molecule has 0 aromatic heterocycles. The maximum atomic E-state index is 12.0. The lowest BCUT2D eigenvalue weighted by atomic mass is 10.1. The summed E-state index contributed by atoms with van der Waals surface area (Å²) in [5.74, 6) is -0.546. The summed E-state index contributed by atoms with van der Waals surface area (Å²) < 4.78 is 31.4. The number of ether oxygens (including phenoxy) is 1. The van der Waals surface area contributed by atoms with Crippen molar-refractivity contribution in [1.29, 1.82) is 5.26 Å². The third kappa shape index (κ3) is 4.28. The van der Waals surface area contributed by atoms with E-state index in [1.165, 1.54) is 24.3 Å². The van der Waals surface area contributed by atoms with Crippen LogP contribution in [-0.2, 0) is 19.6 Å². The fourth-order valence-electron chi connectivity index (χ4n) is 2.13. The van der Waals surface area contributed by atoms with E-state index in [0.29, 0.717) is 18.6 Å². The van der Waals surface area contributed by atoms with Gasteiger partial charge in [-0.15, -0.1) is 0 Å². The van der Waals surface area contributed by atoms with Gasteiger partial charge in [-0.1, -0.05) is 0 Å². The molecule has 0 saturated carbocycles. The second-order valence-electron chi connectivity index (χ2n) is 4.84. The highest BCUT2D eigenvalue weighted by molar-refractivity contribution is 7.90. The highest BCUT2D eigenvalue weighted by Gasteiger charge is 2.20. The minimum Gasteiger partial charge on any atom is -0.378 e. The van der Waals surface area contributed by atoms with Gasteiger partial charge in [-0.25, -0.2) is 13.1 Å². The van der Waals surface area contributed by atoms with E-state index in [4.69, 9.17) is 10.00 Å². The summed E-state index contributed by atoms with van der Waals surface area (Å²) in [6, 6.07) is 7.29. The third-order valence-corrected chi connectivity index (χ3v) is 4.65. The van der Waals surface area contributed by atoms with Gasteiger partial charge in [-0.05, 0) is 43.5 Å². The van der Waals surface area contributed by atoms with Crippen LogP contribution < -0.4 is 4.72 Å². The number of sulfonamides is 1. The molecule has 2 rings (SSSR count). The molecule has 0 bridgehead atoms. The molecule has 1 aromatic rings. The van der Waals surface area contributed by atoms with Crippen LogP contribution in [0.5, 0.6) is 0 Å². The molecule has 0 aliphatic carbocycles. The lowest BCUT2D eigenvalue weighted by Gasteiger charge is -2.10. The van der Waals surface area contributed by atoms with E-state index >= 15 is 0 Å². The molecule has 1 fully saturated rings. The Morgan fingerprint density at radius 2 is 2.10 bits per heavy atom. The smallest absolute Gasteiger partial charge is 0.264 e. The number of hydrogen-bond acceptors (Lipinski definition) is 5. The second kappa shape index (κ2) is 6.70. The highest BCUT2D eigenvalue weighted by atomic mass is 32.2. The maximum absolute atomic E-state index is 12.0. The van der Waals surface area contributed by atoms with Crippen LogP contribution in [0, 0.1) is 11.3 Å². The molecular weight excluding hydrogens is 292 g/mol. The van der Waals surface area contributed by atoms with Crippen molar-refractivity contribution < 1.29 is 17.9 Å². The number of amides is 1. The Balaban J connectivity index is 1.92. The van der Waals surface area contributed by atoms with Crippen molar-refractivity contribution in [3.8, 4) is 6.07 Å². The summed E-state index contributed by atoms with van der Waals surface area (Å²) in [6.07, 6.45) is 2.58. The van der Waals surface area contributed by atoms with Crippen molar-refractivity contribution >= 4 is 15.9 Å². The lowest BCUT2D eigenvalue weighted by Crippen LogP contribution is -2.31. The molecule has 1 saturated heterocycles. The summed E-state index contributed by atoms with van der Waals surface area (Å²) in [6.45, 7) is 0.704. The van der Waals surface area contributed by atoms with Gasteiger partial charge in [0.2, 0.25) is 5.91 Å². The van der Waals surface area contributed by atoms with Gasteiger partial charge in [-0.3, -0.25) is 4.79 Å². The minimum atomic E-state index is -3.88. The first-order valence-corrected chi connectivity index (χ1v) is 8.17. The van der Waals surface area contributed by atoms with Crippen molar-refractivity contribution in [2.75, 3.05) is 6.61 Å². The number of nitrogens with one attached hydrogen (secondary N) is 1. The van der Waals surface area contributed by atoms with Gasteiger partial charge >= 0.3 is 0 Å². The van der Waals surface area contributed by atoms with E-state index in [0.717, 1.165) is 12.8 Å². The zero-order valence-corrected chi connectivity index (χ0v) is 12.2. The summed E-state index contributed by atoms with van der Waals surface area (Å²) in [4.78, 5) is 11.7. The number of carbonyl (C=O) groups excluding carboxylic acids is 1. The molecule has 1 N–H and O–H groups in total. The highest BCUT2D eigenvalue weighted by Crippen LogP contribution is 2.17. The molecule has 1 heterocycles. The molecular formula is C14H16N2O4S. The molecule has 0 spiro atoms. The Labute approximate surface area is 123 Å². The maximum Gasteiger partial charge on any atom is 0.264 e. The first kappa shape index (κ1) is 15.5. The fraction of sp³-hybridized carbons (Fsp3) is 0.429. The van der Waals surface area contributed by atoms with Crippen molar-refractivity contribution in [2.45, 2.75) is 36.7 Å². The molecule has 1 aromatic carbocycles. The van der Waals surface area contributed by atoms with Crippen LogP contribution >= 0.6 is 0 Å². The second-order valence-corrected chi connectivity index (χ2v) is 6.52. The van der Waals surface area contributed by atoms with Gasteiger partial charge in [0, 0.05) is 13.0 Å². The van der Waals surface area contributed by atoms with E-state index in [-0.39, 0.29) is 17.4 Å². The van der Waals surface area contributed by atoms with Crippen LogP contribution in [0.25, 0.3) is 0 Å². The van der Waals surface area contributed by atoms with Crippen LogP contribution in [0.1, 0.15) is 31.2 Å². The van der Waals surface area contributed by atoms with Crippen molar-refractivity contribution in [1.82, 2.24) is 4.72 Å². The quantitative estimate of drug-likeness (QED) is 0.885. The van der Waals surface area contributed by atoms with E-state index in [1.807, 2.05) is 10.8 Å². The van der Waals surface area contributed by atoms with Gasteiger partial charge in [0.15, 0.2) is 0 Å². The van der Waals surface area contributed by atoms with Crippen molar-refractivity contribution in [3.63, 3.8) is 0 Å². The molecule has 7 heteroatoms. The van der Waals surface area contributed by atoms with Gasteiger partial charge in [0.1, 0.15) is 0 Å². The Bertz CT molecular complexity index is 641. The SMILES string of the molecule is N#Cc1ccc(S(=O)(=O)NC(=O)CCC2CCCO2)cc1. The minimum absolute atomic E-state index is 0.0352. The van der Waals surface area contributed by atoms with Crippen molar-refractivity contribution in [3.05, 3.63) is 29.8 Å². The van der Waals surface area contributed by atoms with Crippen LogP contribution in [0.2, 0.25) is 0 Å². The average Bonchev–Trinajstić information content (AvgIpc) is 2.98. The molecule has 1 unspecified atom stereocenters. The lowest BCUT2D eigenvalue weighted by molar-refractivity contribution is -0.119.